The lowest BCUT2D eigenvalue weighted by Gasteiger charge is -2.17. The van der Waals surface area contributed by atoms with Crippen molar-refractivity contribution >= 4 is 28.5 Å². The molecule has 0 saturated carbocycles. The highest BCUT2D eigenvalue weighted by molar-refractivity contribution is 8.13. The van der Waals surface area contributed by atoms with Crippen molar-refractivity contribution in [3.05, 3.63) is 48.3 Å². The van der Waals surface area contributed by atoms with Crippen LogP contribution in [0.1, 0.15) is 18.9 Å². The highest BCUT2D eigenvalue weighted by Gasteiger charge is 2.30. The van der Waals surface area contributed by atoms with Crippen LogP contribution in [0, 0.1) is 5.92 Å². The molecule has 1 aromatic heterocycles. The monoisotopic (exact) mass is 329 g/mol. The number of carbonyl (C=O) groups excluding carboxylic acids is 2. The van der Waals surface area contributed by atoms with Gasteiger partial charge in [0.15, 0.2) is 5.12 Å². The molecular formula is C17H19N3O2S. The van der Waals surface area contributed by atoms with Crippen LogP contribution in [0.3, 0.4) is 0 Å². The number of thioether (sulfide) groups is 1. The summed E-state index contributed by atoms with van der Waals surface area (Å²) in [6.45, 7) is 2.98. The third-order valence-corrected chi connectivity index (χ3v) is 4.92. The van der Waals surface area contributed by atoms with Gasteiger partial charge in [0.25, 0.3) is 0 Å². The molecule has 1 aliphatic rings. The number of aromatic nitrogens is 2. The summed E-state index contributed by atoms with van der Waals surface area (Å²) < 4.78 is 1.87. The lowest BCUT2D eigenvalue weighted by molar-refractivity contribution is -0.117. The number of rotatable bonds is 5. The van der Waals surface area contributed by atoms with E-state index in [-0.39, 0.29) is 16.9 Å². The molecule has 23 heavy (non-hydrogen) atoms. The van der Waals surface area contributed by atoms with Crippen molar-refractivity contribution < 1.29 is 9.59 Å². The number of nitrogens with zero attached hydrogens (tertiary/aromatic N) is 3. The Labute approximate surface area is 139 Å². The molecule has 2 aromatic rings. The number of amides is 1. The number of carbonyl (C=O) groups is 2. The minimum atomic E-state index is 0.110. The van der Waals surface area contributed by atoms with E-state index in [2.05, 4.69) is 5.10 Å². The Morgan fingerprint density at radius 2 is 2.13 bits per heavy atom. The first-order chi connectivity index (χ1) is 11.1. The average Bonchev–Trinajstić information content (AvgIpc) is 3.16. The lowest BCUT2D eigenvalue weighted by atomic mass is 10.1. The molecule has 0 bridgehead atoms. The average molecular weight is 329 g/mol. The molecule has 1 fully saturated rings. The summed E-state index contributed by atoms with van der Waals surface area (Å²) in [4.78, 5) is 25.1. The van der Waals surface area contributed by atoms with E-state index in [4.69, 9.17) is 0 Å². The summed E-state index contributed by atoms with van der Waals surface area (Å²) >= 11 is 1.30. The third kappa shape index (κ3) is 4.01. The quantitative estimate of drug-likeness (QED) is 0.846. The number of hydrogen-bond donors (Lipinski definition) is 0. The van der Waals surface area contributed by atoms with Crippen molar-refractivity contribution in [3.8, 4) is 0 Å². The molecule has 1 aliphatic heterocycles. The van der Waals surface area contributed by atoms with Crippen LogP contribution in [0.2, 0.25) is 0 Å². The van der Waals surface area contributed by atoms with Gasteiger partial charge in [-0.2, -0.15) is 5.10 Å². The molecule has 1 aromatic carbocycles. The maximum atomic E-state index is 12.2. The second kappa shape index (κ2) is 7.00. The van der Waals surface area contributed by atoms with E-state index in [0.29, 0.717) is 13.0 Å². The van der Waals surface area contributed by atoms with Crippen molar-refractivity contribution in [3.63, 3.8) is 0 Å². The zero-order valence-corrected chi connectivity index (χ0v) is 13.8. The third-order valence-electron chi connectivity index (χ3n) is 3.88. The van der Waals surface area contributed by atoms with Crippen LogP contribution in [-0.2, 0) is 16.1 Å². The fourth-order valence-electron chi connectivity index (χ4n) is 2.74. The van der Waals surface area contributed by atoms with Crippen LogP contribution in [0.5, 0.6) is 0 Å². The maximum absolute atomic E-state index is 12.2. The van der Waals surface area contributed by atoms with Gasteiger partial charge in [-0.05, 0) is 29.7 Å². The van der Waals surface area contributed by atoms with E-state index in [1.807, 2.05) is 46.1 Å². The summed E-state index contributed by atoms with van der Waals surface area (Å²) in [5, 5.41) is 4.30. The molecule has 1 saturated heterocycles. The Bertz CT molecular complexity index is 682. The van der Waals surface area contributed by atoms with Crippen molar-refractivity contribution in [2.75, 3.05) is 17.2 Å². The SMILES string of the molecule is CC(=O)SCC1CC(=O)N(c2ccc(Cn3cccn3)cc2)C1. The lowest BCUT2D eigenvalue weighted by Crippen LogP contribution is -2.24. The van der Waals surface area contributed by atoms with Gasteiger partial charge in [-0.25, -0.2) is 0 Å². The molecule has 6 heteroatoms. The van der Waals surface area contributed by atoms with Crippen molar-refractivity contribution in [1.82, 2.24) is 9.78 Å². The molecule has 1 atom stereocenters. The molecule has 120 valence electrons. The predicted octanol–water partition coefficient (Wildman–Crippen LogP) is 2.56. The van der Waals surface area contributed by atoms with Crippen molar-refractivity contribution in [2.45, 2.75) is 19.9 Å². The summed E-state index contributed by atoms with van der Waals surface area (Å²) in [5.41, 5.74) is 2.07. The Balaban J connectivity index is 1.62. The first-order valence-electron chi connectivity index (χ1n) is 7.62. The second-order valence-corrected chi connectivity index (χ2v) is 6.94. The van der Waals surface area contributed by atoms with E-state index in [1.165, 1.54) is 11.8 Å². The van der Waals surface area contributed by atoms with Gasteiger partial charge >= 0.3 is 0 Å². The Hall–Kier alpha value is -2.08. The van der Waals surface area contributed by atoms with Gasteiger partial charge in [-0.1, -0.05) is 23.9 Å². The first kappa shape index (κ1) is 15.8. The van der Waals surface area contributed by atoms with Gasteiger partial charge < -0.3 is 4.90 Å². The zero-order valence-electron chi connectivity index (χ0n) is 13.0. The minimum Gasteiger partial charge on any atom is -0.312 e. The highest BCUT2D eigenvalue weighted by atomic mass is 32.2. The van der Waals surface area contributed by atoms with Gasteiger partial charge in [0.05, 0.1) is 6.54 Å². The predicted molar refractivity (Wildman–Crippen MR) is 91.4 cm³/mol. The van der Waals surface area contributed by atoms with Gasteiger partial charge in [0, 0.05) is 43.7 Å². The zero-order chi connectivity index (χ0) is 16.2. The summed E-state index contributed by atoms with van der Waals surface area (Å²) in [7, 11) is 0. The fraction of sp³-hybridized carbons (Fsp3) is 0.353. The summed E-state index contributed by atoms with van der Waals surface area (Å²) in [6, 6.07) is 9.93. The standard InChI is InChI=1S/C17H19N3O2S/c1-13(21)23-12-15-9-17(22)20(11-15)16-5-3-14(4-6-16)10-19-8-2-7-18-19/h2-8,15H,9-12H2,1H3. The molecule has 0 spiro atoms. The van der Waals surface area contributed by atoms with Gasteiger partial charge in [0.1, 0.15) is 0 Å². The van der Waals surface area contributed by atoms with Crippen LogP contribution < -0.4 is 4.90 Å². The van der Waals surface area contributed by atoms with Crippen molar-refractivity contribution in [1.29, 1.82) is 0 Å². The molecule has 0 N–H and O–H groups in total. The minimum absolute atomic E-state index is 0.110. The molecule has 5 nitrogen and oxygen atoms in total. The van der Waals surface area contributed by atoms with E-state index < -0.39 is 0 Å². The van der Waals surface area contributed by atoms with Crippen LogP contribution >= 0.6 is 11.8 Å². The maximum Gasteiger partial charge on any atom is 0.227 e. The van der Waals surface area contributed by atoms with Crippen LogP contribution in [-0.4, -0.2) is 33.1 Å². The Morgan fingerprint density at radius 3 is 2.78 bits per heavy atom. The molecule has 2 heterocycles. The van der Waals surface area contributed by atoms with Gasteiger partial charge in [-0.3, -0.25) is 14.3 Å². The van der Waals surface area contributed by atoms with E-state index >= 15 is 0 Å². The van der Waals surface area contributed by atoms with Crippen molar-refractivity contribution in [2.24, 2.45) is 5.92 Å². The topological polar surface area (TPSA) is 55.2 Å². The smallest absolute Gasteiger partial charge is 0.227 e. The number of hydrogen-bond acceptors (Lipinski definition) is 4. The molecule has 0 radical (unpaired) electrons. The Kier molecular flexibility index (Phi) is 4.81. The van der Waals surface area contributed by atoms with E-state index in [0.717, 1.165) is 23.5 Å². The Morgan fingerprint density at radius 1 is 1.35 bits per heavy atom. The molecule has 0 aliphatic carbocycles. The highest BCUT2D eigenvalue weighted by Crippen LogP contribution is 2.27. The fourth-order valence-corrected chi connectivity index (χ4v) is 3.43. The van der Waals surface area contributed by atoms with Crippen LogP contribution in [0.15, 0.2) is 42.7 Å². The van der Waals surface area contributed by atoms with E-state index in [1.54, 1.807) is 13.1 Å². The van der Waals surface area contributed by atoms with Crippen LogP contribution in [0.4, 0.5) is 5.69 Å². The molecular weight excluding hydrogens is 310 g/mol. The largest absolute Gasteiger partial charge is 0.312 e. The normalized spacial score (nSPS) is 17.7. The molecule has 1 unspecified atom stereocenters. The second-order valence-electron chi connectivity index (χ2n) is 5.75. The van der Waals surface area contributed by atoms with E-state index in [9.17, 15) is 9.59 Å². The molecule has 3 rings (SSSR count). The van der Waals surface area contributed by atoms with Gasteiger partial charge in [0.2, 0.25) is 5.91 Å². The van der Waals surface area contributed by atoms with Crippen LogP contribution in [0.25, 0.3) is 0 Å². The molecule has 1 amide bonds. The summed E-state index contributed by atoms with van der Waals surface area (Å²) in [6.07, 6.45) is 4.21. The number of anilines is 1. The summed E-state index contributed by atoms with van der Waals surface area (Å²) in [5.74, 6) is 1.11. The van der Waals surface area contributed by atoms with Gasteiger partial charge in [-0.15, -0.1) is 0 Å². The first-order valence-corrected chi connectivity index (χ1v) is 8.60. The number of benzene rings is 1.